The van der Waals surface area contributed by atoms with Crippen molar-refractivity contribution in [3.05, 3.63) is 16.6 Å². The van der Waals surface area contributed by atoms with Gasteiger partial charge in [-0.3, -0.25) is 4.79 Å². The van der Waals surface area contributed by atoms with Crippen molar-refractivity contribution in [3.63, 3.8) is 0 Å². The van der Waals surface area contributed by atoms with E-state index in [1.807, 2.05) is 22.5 Å². The number of esters is 1. The maximum absolute atomic E-state index is 11.7. The number of amides is 1. The molecule has 1 atom stereocenters. The molecule has 0 fully saturated rings. The van der Waals surface area contributed by atoms with Gasteiger partial charge in [-0.15, -0.1) is 0 Å². The van der Waals surface area contributed by atoms with Crippen LogP contribution >= 0.6 is 11.3 Å². The van der Waals surface area contributed by atoms with Gasteiger partial charge in [0.1, 0.15) is 13.1 Å². The number of aryl methyl sites for hydroxylation is 1. The molecule has 94 valence electrons. The van der Waals surface area contributed by atoms with Crippen molar-refractivity contribution in [3.8, 4) is 0 Å². The van der Waals surface area contributed by atoms with Gasteiger partial charge in [-0.1, -0.05) is 11.3 Å². The Bertz CT molecular complexity index is 403. The van der Waals surface area contributed by atoms with Crippen LogP contribution in [0.3, 0.4) is 0 Å². The number of thiazole rings is 1. The average molecular weight is 257 g/mol. The highest BCUT2D eigenvalue weighted by molar-refractivity contribution is 7.07. The van der Waals surface area contributed by atoms with E-state index in [1.54, 1.807) is 18.3 Å². The second-order valence-electron chi connectivity index (χ2n) is 3.67. The summed E-state index contributed by atoms with van der Waals surface area (Å²) in [6.07, 6.45) is 0.443. The Morgan fingerprint density at radius 1 is 1.59 bits per heavy atom. The predicted octanol–water partition coefficient (Wildman–Crippen LogP) is 0.183. The van der Waals surface area contributed by atoms with Crippen LogP contribution in [0.15, 0.2) is 10.9 Å². The number of ether oxygens (including phenoxy) is 1. The van der Waals surface area contributed by atoms with Crippen LogP contribution in [0.1, 0.15) is 19.5 Å². The standard InChI is InChI=1S/C11H16N2O3S/c1-4-16-11(15)10(12-8(2)14)5-9-6-17-7-13(9)3/h6-7,10H,4-5H2,1-3H3/p+1. The molecule has 0 spiro atoms. The molecule has 0 aliphatic carbocycles. The van der Waals surface area contributed by atoms with E-state index >= 15 is 0 Å². The molecular formula is C11H17N2O3S+. The number of carbonyl (C=O) groups excluding carboxylic acids is 2. The second kappa shape index (κ2) is 6.34. The Kier molecular flexibility index (Phi) is 5.09. The molecule has 1 aromatic heterocycles. The normalized spacial score (nSPS) is 11.9. The quantitative estimate of drug-likeness (QED) is 0.605. The van der Waals surface area contributed by atoms with Crippen LogP contribution < -0.4 is 9.88 Å². The van der Waals surface area contributed by atoms with Gasteiger partial charge in [0.25, 0.3) is 0 Å². The highest BCUT2D eigenvalue weighted by Gasteiger charge is 2.25. The van der Waals surface area contributed by atoms with Gasteiger partial charge in [-0.2, -0.15) is 4.57 Å². The number of nitrogens with zero attached hydrogens (tertiary/aromatic N) is 1. The first kappa shape index (κ1) is 13.6. The van der Waals surface area contributed by atoms with Gasteiger partial charge >= 0.3 is 5.97 Å². The summed E-state index contributed by atoms with van der Waals surface area (Å²) in [7, 11) is 1.90. The number of aromatic nitrogens is 1. The van der Waals surface area contributed by atoms with Gasteiger partial charge in [0.05, 0.1) is 18.4 Å². The van der Waals surface area contributed by atoms with Crippen molar-refractivity contribution in [2.75, 3.05) is 6.61 Å². The van der Waals surface area contributed by atoms with Crippen LogP contribution in [-0.2, 0) is 27.8 Å². The topological polar surface area (TPSA) is 59.3 Å². The van der Waals surface area contributed by atoms with Gasteiger partial charge in [0, 0.05) is 6.92 Å². The fraction of sp³-hybridized carbons (Fsp3) is 0.545. The van der Waals surface area contributed by atoms with Crippen LogP contribution in [-0.4, -0.2) is 24.5 Å². The van der Waals surface area contributed by atoms with Crippen LogP contribution in [0, 0.1) is 0 Å². The van der Waals surface area contributed by atoms with Gasteiger partial charge < -0.3 is 10.1 Å². The number of rotatable bonds is 5. The third-order valence-corrected chi connectivity index (χ3v) is 3.08. The minimum atomic E-state index is -0.617. The molecule has 0 saturated heterocycles. The zero-order valence-electron chi connectivity index (χ0n) is 10.2. The highest BCUT2D eigenvalue weighted by atomic mass is 32.1. The number of hydrogen-bond acceptors (Lipinski definition) is 4. The van der Waals surface area contributed by atoms with Gasteiger partial charge in [0.2, 0.25) is 11.4 Å². The summed E-state index contributed by atoms with van der Waals surface area (Å²) < 4.78 is 6.86. The lowest BCUT2D eigenvalue weighted by atomic mass is 10.1. The number of carbonyl (C=O) groups is 2. The van der Waals surface area contributed by atoms with Gasteiger partial charge in [0.15, 0.2) is 5.69 Å². The fourth-order valence-electron chi connectivity index (χ4n) is 1.43. The van der Waals surface area contributed by atoms with E-state index < -0.39 is 12.0 Å². The highest BCUT2D eigenvalue weighted by Crippen LogP contribution is 2.04. The Morgan fingerprint density at radius 2 is 2.29 bits per heavy atom. The number of nitrogens with one attached hydrogen (secondary N) is 1. The lowest BCUT2D eigenvalue weighted by molar-refractivity contribution is -0.674. The van der Waals surface area contributed by atoms with Crippen molar-refractivity contribution < 1.29 is 18.9 Å². The Balaban J connectivity index is 2.73. The SMILES string of the molecule is CCOC(=O)C(Cc1csc[n+]1C)NC(C)=O. The monoisotopic (exact) mass is 257 g/mol. The summed E-state index contributed by atoms with van der Waals surface area (Å²) in [4.78, 5) is 22.7. The minimum absolute atomic E-state index is 0.235. The van der Waals surface area contributed by atoms with Crippen LogP contribution in [0.5, 0.6) is 0 Å². The molecule has 1 aromatic rings. The third kappa shape index (κ3) is 4.14. The van der Waals surface area contributed by atoms with E-state index in [4.69, 9.17) is 4.74 Å². The van der Waals surface area contributed by atoms with Crippen LogP contribution in [0.25, 0.3) is 0 Å². The summed E-state index contributed by atoms with van der Waals surface area (Å²) in [5, 5.41) is 4.56. The zero-order valence-corrected chi connectivity index (χ0v) is 11.0. The Morgan fingerprint density at radius 3 is 2.76 bits per heavy atom. The summed E-state index contributed by atoms with van der Waals surface area (Å²) in [5.74, 6) is -0.630. The largest absolute Gasteiger partial charge is 0.464 e. The first-order valence-corrected chi connectivity index (χ1v) is 6.33. The van der Waals surface area contributed by atoms with Gasteiger partial charge in [-0.05, 0) is 6.92 Å². The number of hydrogen-bond donors (Lipinski definition) is 1. The Labute approximate surface area is 104 Å². The van der Waals surface area contributed by atoms with Crippen molar-refractivity contribution in [2.45, 2.75) is 26.3 Å². The third-order valence-electron chi connectivity index (χ3n) is 2.24. The lowest BCUT2D eigenvalue weighted by Gasteiger charge is -2.14. The van der Waals surface area contributed by atoms with E-state index in [9.17, 15) is 9.59 Å². The predicted molar refractivity (Wildman–Crippen MR) is 63.4 cm³/mol. The molecule has 0 radical (unpaired) electrons. The van der Waals surface area contributed by atoms with E-state index in [0.29, 0.717) is 13.0 Å². The maximum atomic E-state index is 11.7. The summed E-state index contributed by atoms with van der Waals surface area (Å²) in [6.45, 7) is 3.44. The molecule has 1 heterocycles. The fourth-order valence-corrected chi connectivity index (χ4v) is 2.23. The molecule has 1 unspecified atom stereocenters. The molecule has 5 nitrogen and oxygen atoms in total. The van der Waals surface area contributed by atoms with Crippen molar-refractivity contribution in [1.82, 2.24) is 5.32 Å². The molecule has 0 aliphatic heterocycles. The molecular weight excluding hydrogens is 240 g/mol. The summed E-state index contributed by atoms with van der Waals surface area (Å²) in [6, 6.07) is -0.617. The molecule has 0 saturated carbocycles. The molecule has 0 bridgehead atoms. The van der Waals surface area contributed by atoms with Gasteiger partial charge in [-0.25, -0.2) is 4.79 Å². The van der Waals surface area contributed by atoms with Crippen LogP contribution in [0.2, 0.25) is 0 Å². The van der Waals surface area contributed by atoms with Crippen molar-refractivity contribution in [1.29, 1.82) is 0 Å². The smallest absolute Gasteiger partial charge is 0.329 e. The van der Waals surface area contributed by atoms with E-state index in [-0.39, 0.29) is 5.91 Å². The van der Waals surface area contributed by atoms with E-state index in [0.717, 1.165) is 5.69 Å². The lowest BCUT2D eigenvalue weighted by Crippen LogP contribution is -2.45. The van der Waals surface area contributed by atoms with Crippen LogP contribution in [0.4, 0.5) is 0 Å². The second-order valence-corrected chi connectivity index (χ2v) is 4.39. The molecule has 17 heavy (non-hydrogen) atoms. The van der Waals surface area contributed by atoms with Crippen molar-refractivity contribution in [2.24, 2.45) is 7.05 Å². The van der Waals surface area contributed by atoms with E-state index in [1.165, 1.54) is 6.92 Å². The average Bonchev–Trinajstić information content (AvgIpc) is 2.63. The minimum Gasteiger partial charge on any atom is -0.464 e. The molecule has 6 heteroatoms. The molecule has 1 rings (SSSR count). The zero-order chi connectivity index (χ0) is 12.8. The first-order chi connectivity index (χ1) is 8.04. The summed E-state index contributed by atoms with van der Waals surface area (Å²) in [5.41, 5.74) is 2.92. The Hall–Kier alpha value is -1.43. The van der Waals surface area contributed by atoms with E-state index in [2.05, 4.69) is 5.32 Å². The summed E-state index contributed by atoms with van der Waals surface area (Å²) >= 11 is 1.55. The maximum Gasteiger partial charge on any atom is 0.329 e. The molecule has 0 aromatic carbocycles. The molecule has 1 amide bonds. The molecule has 1 N–H and O–H groups in total. The first-order valence-electron chi connectivity index (χ1n) is 5.39. The molecule has 0 aliphatic rings. The van der Waals surface area contributed by atoms with Crippen molar-refractivity contribution >= 4 is 23.2 Å².